The van der Waals surface area contributed by atoms with Crippen molar-refractivity contribution in [1.29, 1.82) is 0 Å². The van der Waals surface area contributed by atoms with E-state index in [1.807, 2.05) is 12.1 Å². The first kappa shape index (κ1) is 24.4. The maximum atomic E-state index is 6.78. The lowest BCUT2D eigenvalue weighted by Crippen LogP contribution is -2.41. The van der Waals surface area contributed by atoms with Gasteiger partial charge < -0.3 is 8.84 Å². The molecule has 0 amide bonds. The third-order valence-corrected chi connectivity index (χ3v) is 11.0. The molecule has 32 heavy (non-hydrogen) atoms. The second-order valence-corrected chi connectivity index (χ2v) is 14.9. The van der Waals surface area contributed by atoms with Gasteiger partial charge in [0, 0.05) is 18.0 Å². The van der Waals surface area contributed by atoms with Crippen molar-refractivity contribution in [1.82, 2.24) is 9.97 Å². The molecule has 0 N–H and O–H groups in total. The summed E-state index contributed by atoms with van der Waals surface area (Å²) < 4.78 is 12.7. The predicted molar refractivity (Wildman–Crippen MR) is 134 cm³/mol. The Bertz CT molecular complexity index is 933. The summed E-state index contributed by atoms with van der Waals surface area (Å²) in [4.78, 5) is 8.90. The van der Waals surface area contributed by atoms with Crippen LogP contribution in [0.15, 0.2) is 65.5 Å². The van der Waals surface area contributed by atoms with Gasteiger partial charge in [0.2, 0.25) is 5.89 Å². The lowest BCUT2D eigenvalue weighted by atomic mass is 10.0. The van der Waals surface area contributed by atoms with Gasteiger partial charge in [0.25, 0.3) is 0 Å². The number of oxazole rings is 1. The number of rotatable bonds is 11. The van der Waals surface area contributed by atoms with Gasteiger partial charge in [-0.05, 0) is 55.1 Å². The molecule has 172 valence electrons. The molecule has 0 aliphatic rings. The summed E-state index contributed by atoms with van der Waals surface area (Å²) >= 11 is 0. The number of benzene rings is 1. The highest BCUT2D eigenvalue weighted by atomic mass is 28.4. The molecular weight excluding hydrogens is 412 g/mol. The van der Waals surface area contributed by atoms with E-state index >= 15 is 0 Å². The SMILES string of the molecule is CC(C)(C)[Si](C)(C)OC(CCCCCCc1ccccc1)c1nc(-c2ccncc2)co1. The van der Waals surface area contributed by atoms with Crippen LogP contribution in [0, 0.1) is 0 Å². The van der Waals surface area contributed by atoms with Crippen LogP contribution in [0.2, 0.25) is 18.1 Å². The Morgan fingerprint density at radius 3 is 2.31 bits per heavy atom. The Hall–Kier alpha value is -2.24. The maximum Gasteiger partial charge on any atom is 0.222 e. The fourth-order valence-electron chi connectivity index (χ4n) is 3.51. The average molecular weight is 451 g/mol. The van der Waals surface area contributed by atoms with Crippen molar-refractivity contribution in [2.24, 2.45) is 0 Å². The zero-order valence-electron chi connectivity index (χ0n) is 20.3. The van der Waals surface area contributed by atoms with E-state index in [0.717, 1.165) is 30.5 Å². The number of pyridine rings is 1. The number of hydrogen-bond donors (Lipinski definition) is 0. The van der Waals surface area contributed by atoms with Crippen LogP contribution in [0.3, 0.4) is 0 Å². The number of aromatic nitrogens is 2. The van der Waals surface area contributed by atoms with Crippen molar-refractivity contribution >= 4 is 8.32 Å². The van der Waals surface area contributed by atoms with Crippen LogP contribution >= 0.6 is 0 Å². The molecular formula is C27H38N2O2Si. The molecule has 4 nitrogen and oxygen atoms in total. The highest BCUT2D eigenvalue weighted by Gasteiger charge is 2.40. The zero-order valence-corrected chi connectivity index (χ0v) is 21.3. The number of unbranched alkanes of at least 4 members (excludes halogenated alkanes) is 3. The monoisotopic (exact) mass is 450 g/mol. The first-order valence-corrected chi connectivity index (χ1v) is 14.7. The van der Waals surface area contributed by atoms with Gasteiger partial charge in [0.05, 0.1) is 0 Å². The molecule has 1 aromatic carbocycles. The van der Waals surface area contributed by atoms with Gasteiger partial charge in [-0.25, -0.2) is 4.98 Å². The topological polar surface area (TPSA) is 48.2 Å². The van der Waals surface area contributed by atoms with Crippen molar-refractivity contribution in [2.75, 3.05) is 0 Å². The molecule has 1 unspecified atom stereocenters. The largest absolute Gasteiger partial charge is 0.446 e. The highest BCUT2D eigenvalue weighted by molar-refractivity contribution is 6.74. The normalized spacial score (nSPS) is 13.3. The van der Waals surface area contributed by atoms with E-state index in [1.54, 1.807) is 18.7 Å². The van der Waals surface area contributed by atoms with E-state index in [4.69, 9.17) is 13.8 Å². The Kier molecular flexibility index (Phi) is 8.43. The van der Waals surface area contributed by atoms with Crippen LogP contribution in [-0.4, -0.2) is 18.3 Å². The van der Waals surface area contributed by atoms with Crippen molar-refractivity contribution in [3.05, 3.63) is 72.6 Å². The van der Waals surface area contributed by atoms with Gasteiger partial charge in [-0.15, -0.1) is 0 Å². The quantitative estimate of drug-likeness (QED) is 0.219. The van der Waals surface area contributed by atoms with E-state index in [0.29, 0.717) is 5.89 Å². The molecule has 0 bridgehead atoms. The summed E-state index contributed by atoms with van der Waals surface area (Å²) in [5.74, 6) is 0.700. The van der Waals surface area contributed by atoms with Crippen LogP contribution < -0.4 is 0 Å². The van der Waals surface area contributed by atoms with E-state index in [2.05, 4.69) is 69.2 Å². The van der Waals surface area contributed by atoms with E-state index in [1.165, 1.54) is 24.8 Å². The number of nitrogens with zero attached hydrogens (tertiary/aromatic N) is 2. The van der Waals surface area contributed by atoms with E-state index in [9.17, 15) is 0 Å². The summed E-state index contributed by atoms with van der Waals surface area (Å²) in [5.41, 5.74) is 3.28. The third kappa shape index (κ3) is 6.88. The smallest absolute Gasteiger partial charge is 0.222 e. The minimum atomic E-state index is -1.95. The molecule has 1 atom stereocenters. The molecule has 0 spiro atoms. The van der Waals surface area contributed by atoms with Crippen molar-refractivity contribution < 1.29 is 8.84 Å². The van der Waals surface area contributed by atoms with Crippen molar-refractivity contribution in [3.8, 4) is 11.3 Å². The minimum absolute atomic E-state index is 0.0967. The maximum absolute atomic E-state index is 6.78. The molecule has 3 rings (SSSR count). The molecule has 3 aromatic rings. The fourth-order valence-corrected chi connectivity index (χ4v) is 4.80. The van der Waals surface area contributed by atoms with Crippen LogP contribution in [-0.2, 0) is 10.8 Å². The number of hydrogen-bond acceptors (Lipinski definition) is 4. The summed E-state index contributed by atoms with van der Waals surface area (Å²) in [6.07, 6.45) is 12.1. The van der Waals surface area contributed by atoms with E-state index < -0.39 is 8.32 Å². The van der Waals surface area contributed by atoms with Crippen LogP contribution in [0.25, 0.3) is 11.3 Å². The Labute approximate surface area is 194 Å². The van der Waals surface area contributed by atoms with Gasteiger partial charge in [-0.2, -0.15) is 0 Å². The van der Waals surface area contributed by atoms with Gasteiger partial charge in [0.1, 0.15) is 18.1 Å². The molecule has 0 aliphatic heterocycles. The Morgan fingerprint density at radius 1 is 0.938 bits per heavy atom. The molecule has 0 fully saturated rings. The third-order valence-electron chi connectivity index (χ3n) is 6.54. The van der Waals surface area contributed by atoms with Crippen molar-refractivity contribution in [2.45, 2.75) is 83.5 Å². The molecule has 2 heterocycles. The number of aryl methyl sites for hydroxylation is 1. The first-order chi connectivity index (χ1) is 15.3. The molecule has 0 saturated carbocycles. The zero-order chi connectivity index (χ0) is 23.0. The second-order valence-electron chi connectivity index (χ2n) is 10.1. The highest BCUT2D eigenvalue weighted by Crippen LogP contribution is 2.41. The van der Waals surface area contributed by atoms with Crippen molar-refractivity contribution in [3.63, 3.8) is 0 Å². The summed E-state index contributed by atoms with van der Waals surface area (Å²) in [7, 11) is -1.95. The van der Waals surface area contributed by atoms with Gasteiger partial charge >= 0.3 is 0 Å². The molecule has 0 radical (unpaired) electrons. The lowest BCUT2D eigenvalue weighted by molar-refractivity contribution is 0.138. The van der Waals surface area contributed by atoms with Crippen LogP contribution in [0.4, 0.5) is 0 Å². The molecule has 2 aromatic heterocycles. The summed E-state index contributed by atoms with van der Waals surface area (Å²) in [6.45, 7) is 11.4. The van der Waals surface area contributed by atoms with Gasteiger partial charge in [-0.1, -0.05) is 70.4 Å². The average Bonchev–Trinajstić information content (AvgIpc) is 3.26. The first-order valence-electron chi connectivity index (χ1n) is 11.8. The molecule has 0 saturated heterocycles. The second kappa shape index (κ2) is 11.1. The Morgan fingerprint density at radius 2 is 1.62 bits per heavy atom. The minimum Gasteiger partial charge on any atom is -0.446 e. The molecule has 0 aliphatic carbocycles. The fraction of sp³-hybridized carbons (Fsp3) is 0.481. The summed E-state index contributed by atoms with van der Waals surface area (Å²) in [6, 6.07) is 14.7. The van der Waals surface area contributed by atoms with Crippen LogP contribution in [0.1, 0.15) is 70.4 Å². The predicted octanol–water partition coefficient (Wildman–Crippen LogP) is 7.99. The van der Waals surface area contributed by atoms with Gasteiger partial charge in [-0.3, -0.25) is 4.98 Å². The van der Waals surface area contributed by atoms with Crippen LogP contribution in [0.5, 0.6) is 0 Å². The molecule has 5 heteroatoms. The summed E-state index contributed by atoms with van der Waals surface area (Å²) in [5, 5.41) is 0.140. The standard InChI is InChI=1S/C27H38N2O2Si/c1-27(2,3)32(4,5)31-25(16-12-7-6-9-13-22-14-10-8-11-15-22)26-29-24(21-30-26)23-17-19-28-20-18-23/h8,10-11,14-15,17-21,25H,6-7,9,12-13,16H2,1-5H3. The van der Waals surface area contributed by atoms with Gasteiger partial charge in [0.15, 0.2) is 8.32 Å². The van der Waals surface area contributed by atoms with E-state index in [-0.39, 0.29) is 11.1 Å². The Balaban J connectivity index is 1.60. The lowest BCUT2D eigenvalue weighted by Gasteiger charge is -2.38.